The van der Waals surface area contributed by atoms with Crippen LogP contribution in [0.1, 0.15) is 6.42 Å². The monoisotopic (exact) mass is 267 g/mol. The Balaban J connectivity index is 2.60. The Morgan fingerprint density at radius 1 is 1.33 bits per heavy atom. The lowest BCUT2D eigenvalue weighted by Gasteiger charge is -2.16. The van der Waals surface area contributed by atoms with E-state index in [4.69, 9.17) is 5.73 Å². The molecule has 0 aliphatic heterocycles. The molecule has 1 aromatic carbocycles. The van der Waals surface area contributed by atoms with Gasteiger partial charge in [-0.15, -0.1) is 0 Å². The first kappa shape index (κ1) is 14.4. The van der Waals surface area contributed by atoms with E-state index in [1.54, 1.807) is 23.9 Å². The molecule has 0 aromatic heterocycles. The summed E-state index contributed by atoms with van der Waals surface area (Å²) < 4.78 is 0. The normalized spacial score (nSPS) is 11.6. The summed E-state index contributed by atoms with van der Waals surface area (Å²) in [5.74, 6) is 0.515. The summed E-state index contributed by atoms with van der Waals surface area (Å²) in [6, 6.07) is 7.80. The maximum atomic E-state index is 12.0. The first-order valence-corrected chi connectivity index (χ1v) is 6.93. The molecule has 4 N–H and O–H groups in total. The minimum absolute atomic E-state index is 0.256. The van der Waals surface area contributed by atoms with Gasteiger partial charge in [0.1, 0.15) is 6.04 Å². The number of nitrogens with two attached hydrogens (primary N) is 1. The molecule has 18 heavy (non-hydrogen) atoms. The molecule has 0 saturated heterocycles. The molecule has 1 atom stereocenters. The van der Waals surface area contributed by atoms with Gasteiger partial charge >= 0.3 is 6.03 Å². The predicted molar refractivity (Wildman–Crippen MR) is 74.6 cm³/mol. The van der Waals surface area contributed by atoms with Gasteiger partial charge in [0, 0.05) is 5.69 Å². The van der Waals surface area contributed by atoms with Crippen LogP contribution in [0.2, 0.25) is 0 Å². The highest BCUT2D eigenvalue weighted by atomic mass is 32.2. The highest BCUT2D eigenvalue weighted by Gasteiger charge is 2.19. The van der Waals surface area contributed by atoms with E-state index in [0.717, 1.165) is 5.75 Å². The number of amides is 3. The van der Waals surface area contributed by atoms with Crippen molar-refractivity contribution in [3.8, 4) is 0 Å². The molecular weight excluding hydrogens is 250 g/mol. The quantitative estimate of drug-likeness (QED) is 0.728. The fraction of sp³-hybridized carbons (Fsp3) is 0.333. The molecule has 1 unspecified atom stereocenters. The molecule has 0 fully saturated rings. The Morgan fingerprint density at radius 2 is 2.00 bits per heavy atom. The minimum atomic E-state index is -0.690. The number of thioether (sulfide) groups is 1. The van der Waals surface area contributed by atoms with E-state index >= 15 is 0 Å². The first-order chi connectivity index (χ1) is 8.63. The van der Waals surface area contributed by atoms with E-state index in [2.05, 4.69) is 10.6 Å². The van der Waals surface area contributed by atoms with Crippen LogP contribution in [-0.2, 0) is 4.79 Å². The first-order valence-electron chi connectivity index (χ1n) is 5.54. The number of benzene rings is 1. The summed E-state index contributed by atoms with van der Waals surface area (Å²) in [7, 11) is 0. The van der Waals surface area contributed by atoms with E-state index < -0.39 is 12.1 Å². The largest absolute Gasteiger partial charge is 0.352 e. The van der Waals surface area contributed by atoms with Crippen LogP contribution in [0.5, 0.6) is 0 Å². The maximum absolute atomic E-state index is 12.0. The van der Waals surface area contributed by atoms with Crippen molar-refractivity contribution in [2.75, 3.05) is 17.3 Å². The highest BCUT2D eigenvalue weighted by molar-refractivity contribution is 7.98. The van der Waals surface area contributed by atoms with Gasteiger partial charge in [-0.3, -0.25) is 4.79 Å². The van der Waals surface area contributed by atoms with Crippen LogP contribution >= 0.6 is 11.8 Å². The van der Waals surface area contributed by atoms with Gasteiger partial charge in [0.25, 0.3) is 0 Å². The SMILES string of the molecule is CSCCC(NC(N)=O)C(=O)Nc1ccccc1. The molecule has 0 saturated carbocycles. The summed E-state index contributed by atoms with van der Waals surface area (Å²) in [5, 5.41) is 5.19. The summed E-state index contributed by atoms with van der Waals surface area (Å²) in [5.41, 5.74) is 5.76. The third-order valence-corrected chi connectivity index (χ3v) is 2.93. The Labute approximate surface area is 111 Å². The van der Waals surface area contributed by atoms with Gasteiger partial charge in [0.05, 0.1) is 0 Å². The molecule has 3 amide bonds. The Kier molecular flexibility index (Phi) is 6.07. The van der Waals surface area contributed by atoms with Gasteiger partial charge < -0.3 is 16.4 Å². The number of anilines is 1. The molecule has 0 aliphatic carbocycles. The second kappa shape index (κ2) is 7.60. The number of hydrogen-bond donors (Lipinski definition) is 3. The van der Waals surface area contributed by atoms with Crippen molar-refractivity contribution in [3.63, 3.8) is 0 Å². The predicted octanol–water partition coefficient (Wildman–Crippen LogP) is 1.42. The average Bonchev–Trinajstić information content (AvgIpc) is 2.35. The Hall–Kier alpha value is -1.69. The zero-order valence-electron chi connectivity index (χ0n) is 10.2. The van der Waals surface area contributed by atoms with Crippen molar-refractivity contribution < 1.29 is 9.59 Å². The number of hydrogen-bond acceptors (Lipinski definition) is 3. The molecule has 6 heteroatoms. The van der Waals surface area contributed by atoms with Crippen molar-refractivity contribution >= 4 is 29.4 Å². The lowest BCUT2D eigenvalue weighted by molar-refractivity contribution is -0.117. The second-order valence-corrected chi connectivity index (χ2v) is 4.68. The van der Waals surface area contributed by atoms with E-state index in [9.17, 15) is 9.59 Å². The van der Waals surface area contributed by atoms with Crippen LogP contribution in [0.4, 0.5) is 10.5 Å². The molecule has 5 nitrogen and oxygen atoms in total. The second-order valence-electron chi connectivity index (χ2n) is 3.70. The van der Waals surface area contributed by atoms with Crippen LogP contribution in [0.15, 0.2) is 30.3 Å². The van der Waals surface area contributed by atoms with Gasteiger partial charge in [0.15, 0.2) is 0 Å². The van der Waals surface area contributed by atoms with Crippen LogP contribution < -0.4 is 16.4 Å². The van der Waals surface area contributed by atoms with E-state index in [1.165, 1.54) is 0 Å². The van der Waals surface area contributed by atoms with Crippen molar-refractivity contribution in [1.82, 2.24) is 5.32 Å². The zero-order valence-corrected chi connectivity index (χ0v) is 11.0. The van der Waals surface area contributed by atoms with Crippen LogP contribution in [-0.4, -0.2) is 30.0 Å². The molecular formula is C12H17N3O2S. The van der Waals surface area contributed by atoms with E-state index in [1.807, 2.05) is 24.5 Å². The van der Waals surface area contributed by atoms with Gasteiger partial charge in [0.2, 0.25) is 5.91 Å². The number of carbonyl (C=O) groups is 2. The van der Waals surface area contributed by atoms with Crippen LogP contribution in [0.3, 0.4) is 0 Å². The Morgan fingerprint density at radius 3 is 2.56 bits per heavy atom. The van der Waals surface area contributed by atoms with Crippen molar-refractivity contribution in [2.45, 2.75) is 12.5 Å². The third kappa shape index (κ3) is 5.09. The number of urea groups is 1. The van der Waals surface area contributed by atoms with E-state index in [0.29, 0.717) is 12.1 Å². The van der Waals surface area contributed by atoms with Crippen molar-refractivity contribution in [2.24, 2.45) is 5.73 Å². The lowest BCUT2D eigenvalue weighted by Crippen LogP contribution is -2.46. The van der Waals surface area contributed by atoms with E-state index in [-0.39, 0.29) is 5.91 Å². The van der Waals surface area contributed by atoms with Crippen LogP contribution in [0.25, 0.3) is 0 Å². The van der Waals surface area contributed by atoms with Gasteiger partial charge in [-0.05, 0) is 30.6 Å². The molecule has 0 radical (unpaired) electrons. The highest BCUT2D eigenvalue weighted by Crippen LogP contribution is 2.08. The minimum Gasteiger partial charge on any atom is -0.352 e. The number of nitrogens with one attached hydrogen (secondary N) is 2. The lowest BCUT2D eigenvalue weighted by atomic mass is 10.2. The van der Waals surface area contributed by atoms with Gasteiger partial charge in [-0.25, -0.2) is 4.79 Å². The number of carbonyl (C=O) groups excluding carboxylic acids is 2. The smallest absolute Gasteiger partial charge is 0.312 e. The fourth-order valence-corrected chi connectivity index (χ4v) is 1.90. The maximum Gasteiger partial charge on any atom is 0.312 e. The average molecular weight is 267 g/mol. The molecule has 0 spiro atoms. The zero-order chi connectivity index (χ0) is 13.4. The fourth-order valence-electron chi connectivity index (χ4n) is 1.43. The van der Waals surface area contributed by atoms with Gasteiger partial charge in [-0.1, -0.05) is 18.2 Å². The summed E-state index contributed by atoms with van der Waals surface area (Å²) in [6.07, 6.45) is 2.49. The van der Waals surface area contributed by atoms with Crippen LogP contribution in [0, 0.1) is 0 Å². The Bertz CT molecular complexity index is 398. The standard InChI is InChI=1S/C12H17N3O2S/c1-18-8-7-10(15-12(13)17)11(16)14-9-5-3-2-4-6-9/h2-6,10H,7-8H2,1H3,(H,14,16)(H3,13,15,17). The van der Waals surface area contributed by atoms with Crippen molar-refractivity contribution in [1.29, 1.82) is 0 Å². The molecule has 0 heterocycles. The summed E-state index contributed by atoms with van der Waals surface area (Å²) >= 11 is 1.61. The molecule has 1 rings (SSSR count). The molecule has 98 valence electrons. The summed E-state index contributed by atoms with van der Waals surface area (Å²) in [6.45, 7) is 0. The third-order valence-electron chi connectivity index (χ3n) is 2.28. The topological polar surface area (TPSA) is 84.2 Å². The molecule has 0 bridgehead atoms. The molecule has 1 aromatic rings. The van der Waals surface area contributed by atoms with Crippen molar-refractivity contribution in [3.05, 3.63) is 30.3 Å². The number of primary amides is 1. The number of rotatable bonds is 6. The van der Waals surface area contributed by atoms with Gasteiger partial charge in [-0.2, -0.15) is 11.8 Å². The number of para-hydroxylation sites is 1. The summed E-state index contributed by atoms with van der Waals surface area (Å²) in [4.78, 5) is 22.8. The molecule has 0 aliphatic rings.